The molecular weight excluding hydrogens is 414 g/mol. The summed E-state index contributed by atoms with van der Waals surface area (Å²) in [6, 6.07) is 16.8. The van der Waals surface area contributed by atoms with E-state index in [1.165, 1.54) is 11.1 Å². The minimum absolute atomic E-state index is 0.193. The molecule has 2 aromatic carbocycles. The summed E-state index contributed by atoms with van der Waals surface area (Å²) in [6.07, 6.45) is 3.51. The Balaban J connectivity index is 1.53. The molecule has 7 nitrogen and oxygen atoms in total. The molecule has 168 valence electrons. The standard InChI is InChI=1S/C26H27N5O2/c1-16-9-10-21(11-17(16)2)29-26-28-13-18(3)24(31-26)20-12-22(27-14-20)25(33)30-23(15-32)19-7-5-4-6-8-19/h4-14,23,27,32H,15H2,1-3H3,(H,30,33)(H,28,29,31). The van der Waals surface area contributed by atoms with Gasteiger partial charge in [0.05, 0.1) is 18.3 Å². The third-order valence-electron chi connectivity index (χ3n) is 5.63. The number of nitrogens with one attached hydrogen (secondary N) is 3. The van der Waals surface area contributed by atoms with Crippen LogP contribution in [0.2, 0.25) is 0 Å². The molecule has 0 spiro atoms. The molecule has 2 heterocycles. The van der Waals surface area contributed by atoms with Crippen molar-refractivity contribution in [3.63, 3.8) is 0 Å². The molecule has 1 amide bonds. The summed E-state index contributed by atoms with van der Waals surface area (Å²) >= 11 is 0. The van der Waals surface area contributed by atoms with Crippen molar-refractivity contribution in [2.45, 2.75) is 26.8 Å². The second-order valence-corrected chi connectivity index (χ2v) is 8.07. The van der Waals surface area contributed by atoms with Crippen molar-refractivity contribution >= 4 is 17.5 Å². The summed E-state index contributed by atoms with van der Waals surface area (Å²) in [5.41, 5.74) is 6.96. The molecule has 0 bridgehead atoms. The van der Waals surface area contributed by atoms with E-state index in [4.69, 9.17) is 0 Å². The van der Waals surface area contributed by atoms with Crippen molar-refractivity contribution in [3.8, 4) is 11.3 Å². The molecule has 7 heteroatoms. The van der Waals surface area contributed by atoms with Crippen LogP contribution in [0.25, 0.3) is 11.3 Å². The van der Waals surface area contributed by atoms with Crippen LogP contribution in [0.4, 0.5) is 11.6 Å². The molecule has 0 saturated carbocycles. The number of aryl methyl sites for hydroxylation is 3. The lowest BCUT2D eigenvalue weighted by molar-refractivity contribution is 0.0912. The first-order chi connectivity index (χ1) is 15.9. The second kappa shape index (κ2) is 9.67. The van der Waals surface area contributed by atoms with Gasteiger partial charge in [-0.05, 0) is 61.2 Å². The first-order valence-corrected chi connectivity index (χ1v) is 10.8. The third kappa shape index (κ3) is 5.10. The molecule has 4 N–H and O–H groups in total. The number of carbonyl (C=O) groups is 1. The Labute approximate surface area is 192 Å². The Hall–Kier alpha value is -3.97. The molecule has 0 fully saturated rings. The van der Waals surface area contributed by atoms with Gasteiger partial charge in [-0.3, -0.25) is 4.79 Å². The number of anilines is 2. The molecule has 0 aliphatic carbocycles. The first-order valence-electron chi connectivity index (χ1n) is 10.8. The van der Waals surface area contributed by atoms with Crippen LogP contribution < -0.4 is 10.6 Å². The predicted molar refractivity (Wildman–Crippen MR) is 129 cm³/mol. The summed E-state index contributed by atoms with van der Waals surface area (Å²) in [5, 5.41) is 15.8. The SMILES string of the molecule is Cc1ccc(Nc2ncc(C)c(-c3c[nH]c(C(=O)NC(CO)c4ccccc4)c3)n2)cc1C. The Bertz CT molecular complexity index is 1270. The second-order valence-electron chi connectivity index (χ2n) is 8.07. The fourth-order valence-corrected chi connectivity index (χ4v) is 3.56. The molecule has 2 aromatic heterocycles. The highest BCUT2D eigenvalue weighted by atomic mass is 16.3. The molecule has 0 radical (unpaired) electrons. The molecule has 0 aliphatic rings. The lowest BCUT2D eigenvalue weighted by Gasteiger charge is -2.16. The number of aromatic amines is 1. The normalized spacial score (nSPS) is 11.8. The number of nitrogens with zero attached hydrogens (tertiary/aromatic N) is 2. The topological polar surface area (TPSA) is 103 Å². The van der Waals surface area contributed by atoms with Gasteiger partial charge in [0, 0.05) is 23.6 Å². The lowest BCUT2D eigenvalue weighted by Crippen LogP contribution is -2.30. The molecular formula is C26H27N5O2. The van der Waals surface area contributed by atoms with Gasteiger partial charge in [0.15, 0.2) is 0 Å². The fraction of sp³-hybridized carbons (Fsp3) is 0.192. The van der Waals surface area contributed by atoms with Gasteiger partial charge in [0.25, 0.3) is 5.91 Å². The number of amides is 1. The number of aliphatic hydroxyl groups is 1. The quantitative estimate of drug-likeness (QED) is 0.336. The molecule has 4 rings (SSSR count). The van der Waals surface area contributed by atoms with Crippen LogP contribution >= 0.6 is 0 Å². The maximum absolute atomic E-state index is 12.8. The van der Waals surface area contributed by atoms with E-state index in [-0.39, 0.29) is 12.5 Å². The van der Waals surface area contributed by atoms with Gasteiger partial charge < -0.3 is 20.7 Å². The van der Waals surface area contributed by atoms with E-state index in [2.05, 4.69) is 51.6 Å². The first kappa shape index (κ1) is 22.2. The van der Waals surface area contributed by atoms with Crippen LogP contribution in [0, 0.1) is 20.8 Å². The van der Waals surface area contributed by atoms with Crippen LogP contribution in [0.15, 0.2) is 67.0 Å². The van der Waals surface area contributed by atoms with Crippen molar-refractivity contribution < 1.29 is 9.90 Å². The number of hydrogen-bond donors (Lipinski definition) is 4. The largest absolute Gasteiger partial charge is 0.394 e. The van der Waals surface area contributed by atoms with Gasteiger partial charge in [-0.2, -0.15) is 0 Å². The van der Waals surface area contributed by atoms with E-state index in [0.29, 0.717) is 11.6 Å². The molecule has 0 saturated heterocycles. The number of rotatable bonds is 7. The summed E-state index contributed by atoms with van der Waals surface area (Å²) < 4.78 is 0. The number of H-pyrrole nitrogens is 1. The van der Waals surface area contributed by atoms with Gasteiger partial charge in [0.2, 0.25) is 5.95 Å². The average molecular weight is 442 g/mol. The number of hydrogen-bond acceptors (Lipinski definition) is 5. The fourth-order valence-electron chi connectivity index (χ4n) is 3.56. The summed E-state index contributed by atoms with van der Waals surface area (Å²) in [6.45, 7) is 5.87. The Morgan fingerprint density at radius 2 is 1.82 bits per heavy atom. The van der Waals surface area contributed by atoms with E-state index in [0.717, 1.165) is 28.1 Å². The zero-order valence-corrected chi connectivity index (χ0v) is 18.9. The van der Waals surface area contributed by atoms with E-state index < -0.39 is 6.04 Å². The van der Waals surface area contributed by atoms with Crippen LogP contribution in [-0.2, 0) is 0 Å². The highest BCUT2D eigenvalue weighted by molar-refractivity contribution is 5.94. The van der Waals surface area contributed by atoms with Crippen molar-refractivity contribution in [2.75, 3.05) is 11.9 Å². The average Bonchev–Trinajstić information content (AvgIpc) is 3.32. The third-order valence-corrected chi connectivity index (χ3v) is 5.63. The summed E-state index contributed by atoms with van der Waals surface area (Å²) in [5.74, 6) is 0.180. The highest BCUT2D eigenvalue weighted by Crippen LogP contribution is 2.25. The van der Waals surface area contributed by atoms with E-state index in [1.807, 2.05) is 43.3 Å². The van der Waals surface area contributed by atoms with Crippen molar-refractivity contribution in [1.82, 2.24) is 20.3 Å². The predicted octanol–water partition coefficient (Wildman–Crippen LogP) is 4.60. The molecule has 0 aliphatic heterocycles. The number of aromatic nitrogens is 3. The number of carbonyl (C=O) groups excluding carboxylic acids is 1. The minimum atomic E-state index is -0.486. The van der Waals surface area contributed by atoms with Gasteiger partial charge in [-0.25, -0.2) is 9.97 Å². The Morgan fingerprint density at radius 1 is 1.03 bits per heavy atom. The molecule has 33 heavy (non-hydrogen) atoms. The summed E-state index contributed by atoms with van der Waals surface area (Å²) in [4.78, 5) is 24.9. The highest BCUT2D eigenvalue weighted by Gasteiger charge is 2.17. The molecule has 4 aromatic rings. The van der Waals surface area contributed by atoms with E-state index >= 15 is 0 Å². The molecule has 1 unspecified atom stereocenters. The maximum Gasteiger partial charge on any atom is 0.268 e. The summed E-state index contributed by atoms with van der Waals surface area (Å²) in [7, 11) is 0. The Morgan fingerprint density at radius 3 is 2.55 bits per heavy atom. The lowest BCUT2D eigenvalue weighted by atomic mass is 10.1. The van der Waals surface area contributed by atoms with Crippen LogP contribution in [0.5, 0.6) is 0 Å². The number of benzene rings is 2. The Kier molecular flexibility index (Phi) is 6.51. The van der Waals surface area contributed by atoms with E-state index in [9.17, 15) is 9.90 Å². The molecule has 1 atom stereocenters. The van der Waals surface area contributed by atoms with Gasteiger partial charge >= 0.3 is 0 Å². The van der Waals surface area contributed by atoms with Crippen LogP contribution in [0.1, 0.15) is 38.8 Å². The van der Waals surface area contributed by atoms with Gasteiger partial charge in [-0.15, -0.1) is 0 Å². The minimum Gasteiger partial charge on any atom is -0.394 e. The van der Waals surface area contributed by atoms with Crippen LogP contribution in [-0.4, -0.2) is 32.6 Å². The monoisotopic (exact) mass is 441 g/mol. The zero-order chi connectivity index (χ0) is 23.4. The zero-order valence-electron chi connectivity index (χ0n) is 18.9. The van der Waals surface area contributed by atoms with Crippen molar-refractivity contribution in [1.29, 1.82) is 0 Å². The van der Waals surface area contributed by atoms with Gasteiger partial charge in [-0.1, -0.05) is 36.4 Å². The van der Waals surface area contributed by atoms with E-state index in [1.54, 1.807) is 18.5 Å². The van der Waals surface area contributed by atoms with Crippen molar-refractivity contribution in [3.05, 3.63) is 94.9 Å². The smallest absolute Gasteiger partial charge is 0.268 e. The number of aliphatic hydroxyl groups excluding tert-OH is 1. The van der Waals surface area contributed by atoms with Crippen molar-refractivity contribution in [2.24, 2.45) is 0 Å². The van der Waals surface area contributed by atoms with Crippen LogP contribution in [0.3, 0.4) is 0 Å². The van der Waals surface area contributed by atoms with Gasteiger partial charge in [0.1, 0.15) is 5.69 Å². The maximum atomic E-state index is 12.8.